The monoisotopic (exact) mass is 480 g/mol. The molecule has 0 spiro atoms. The lowest BCUT2D eigenvalue weighted by Crippen LogP contribution is -2.55. The summed E-state index contributed by atoms with van der Waals surface area (Å²) in [5, 5.41) is 1.10. The predicted octanol–water partition coefficient (Wildman–Crippen LogP) is 4.50. The smallest absolute Gasteiger partial charge is 0.276 e. The molecule has 2 aromatic carbocycles. The normalized spacial score (nSPS) is 11.2. The highest BCUT2D eigenvalue weighted by atomic mass is 127. The van der Waals surface area contributed by atoms with Gasteiger partial charge in [-0.05, 0) is 81.5 Å². The van der Waals surface area contributed by atoms with Crippen LogP contribution >= 0.6 is 22.6 Å². The van der Waals surface area contributed by atoms with Gasteiger partial charge in [0.2, 0.25) is 0 Å². The van der Waals surface area contributed by atoms with E-state index in [1.807, 2.05) is 40.7 Å². The summed E-state index contributed by atoms with van der Waals surface area (Å²) in [6.45, 7) is 9.56. The number of nitrogens with zero attached hydrogens (tertiary/aromatic N) is 1. The molecule has 0 radical (unpaired) electrons. The summed E-state index contributed by atoms with van der Waals surface area (Å²) in [6.07, 6.45) is 0. The number of aryl methyl sites for hydroxylation is 2. The lowest BCUT2D eigenvalue weighted by atomic mass is 10.1. The Balaban J connectivity index is 2.51. The van der Waals surface area contributed by atoms with E-state index in [1.54, 1.807) is 37.4 Å². The molecule has 0 aliphatic rings. The van der Waals surface area contributed by atoms with Gasteiger partial charge < -0.3 is 4.74 Å². The van der Waals surface area contributed by atoms with Gasteiger partial charge in [0, 0.05) is 11.1 Å². The van der Waals surface area contributed by atoms with Crippen LogP contribution in [0.5, 0.6) is 5.75 Å². The van der Waals surface area contributed by atoms with E-state index >= 15 is 0 Å². The van der Waals surface area contributed by atoms with Crippen LogP contribution in [0.3, 0.4) is 0 Å². The van der Waals surface area contributed by atoms with Gasteiger partial charge in [-0.15, -0.1) is 0 Å². The maximum atomic E-state index is 13.3. The van der Waals surface area contributed by atoms with Crippen molar-refractivity contribution < 1.29 is 14.3 Å². The third-order valence-electron chi connectivity index (χ3n) is 3.74. The number of hydrogen-bond acceptors (Lipinski definition) is 4. The molecule has 6 heteroatoms. The van der Waals surface area contributed by atoms with Crippen molar-refractivity contribution >= 4 is 34.4 Å². The van der Waals surface area contributed by atoms with E-state index in [-0.39, 0.29) is 5.91 Å². The Labute approximate surface area is 174 Å². The standard InChI is InChI=1S/C21H25IN2O3/c1-13-10-14(2)12-15(11-13)19(25)24(23-21(3,4)5)20(26)16-8-7-9-17(27-6)18(16)22/h7-12,23H,1-6H3. The molecule has 2 amide bonds. The zero-order chi connectivity index (χ0) is 20.4. The van der Waals surface area contributed by atoms with Crippen molar-refractivity contribution in [1.82, 2.24) is 10.4 Å². The molecule has 0 heterocycles. The molecular weight excluding hydrogens is 455 g/mol. The second kappa shape index (κ2) is 8.39. The Morgan fingerprint density at radius 1 is 1.04 bits per heavy atom. The Bertz CT molecular complexity index is 852. The van der Waals surface area contributed by atoms with Gasteiger partial charge in [0.15, 0.2) is 0 Å². The van der Waals surface area contributed by atoms with E-state index in [1.165, 1.54) is 0 Å². The number of methoxy groups -OCH3 is 1. The molecule has 0 aliphatic heterocycles. The van der Waals surface area contributed by atoms with Crippen LogP contribution in [-0.2, 0) is 0 Å². The molecule has 144 valence electrons. The first kappa shape index (κ1) is 21.4. The predicted molar refractivity (Wildman–Crippen MR) is 115 cm³/mol. The highest BCUT2D eigenvalue weighted by Crippen LogP contribution is 2.26. The first-order chi connectivity index (χ1) is 12.5. The number of hydrogen-bond donors (Lipinski definition) is 1. The molecule has 0 fully saturated rings. The number of imide groups is 1. The van der Waals surface area contributed by atoms with Crippen LogP contribution in [0.25, 0.3) is 0 Å². The number of ether oxygens (including phenoxy) is 1. The van der Waals surface area contributed by atoms with Crippen LogP contribution in [0.2, 0.25) is 0 Å². The molecule has 0 bridgehead atoms. The van der Waals surface area contributed by atoms with Crippen LogP contribution < -0.4 is 10.2 Å². The number of carbonyl (C=O) groups excluding carboxylic acids is 2. The van der Waals surface area contributed by atoms with Crippen molar-refractivity contribution in [3.05, 3.63) is 62.2 Å². The van der Waals surface area contributed by atoms with E-state index in [2.05, 4.69) is 28.0 Å². The van der Waals surface area contributed by atoms with E-state index < -0.39 is 11.4 Å². The van der Waals surface area contributed by atoms with Crippen LogP contribution in [0.4, 0.5) is 0 Å². The van der Waals surface area contributed by atoms with Crippen molar-refractivity contribution in [1.29, 1.82) is 0 Å². The fraction of sp³-hybridized carbons (Fsp3) is 0.333. The molecule has 0 aliphatic carbocycles. The number of amides is 2. The SMILES string of the molecule is COc1cccc(C(=O)N(NC(C)(C)C)C(=O)c2cc(C)cc(C)c2)c1I. The summed E-state index contributed by atoms with van der Waals surface area (Å²) < 4.78 is 5.97. The second-order valence-corrected chi connectivity index (χ2v) is 8.58. The highest BCUT2D eigenvalue weighted by Gasteiger charge is 2.30. The highest BCUT2D eigenvalue weighted by molar-refractivity contribution is 14.1. The first-order valence-corrected chi connectivity index (χ1v) is 9.69. The summed E-state index contributed by atoms with van der Waals surface area (Å²) in [5.74, 6) is -0.214. The van der Waals surface area contributed by atoms with E-state index in [4.69, 9.17) is 4.74 Å². The molecule has 27 heavy (non-hydrogen) atoms. The Kier molecular flexibility index (Phi) is 6.64. The maximum absolute atomic E-state index is 13.3. The van der Waals surface area contributed by atoms with Gasteiger partial charge in [-0.2, -0.15) is 0 Å². The van der Waals surface area contributed by atoms with E-state index in [9.17, 15) is 9.59 Å². The van der Waals surface area contributed by atoms with Gasteiger partial charge >= 0.3 is 0 Å². The molecule has 0 atom stereocenters. The number of benzene rings is 2. The van der Waals surface area contributed by atoms with Crippen molar-refractivity contribution in [2.24, 2.45) is 0 Å². The maximum Gasteiger partial charge on any atom is 0.276 e. The quantitative estimate of drug-likeness (QED) is 0.398. The first-order valence-electron chi connectivity index (χ1n) is 8.61. The summed E-state index contributed by atoms with van der Waals surface area (Å²) in [5.41, 5.74) is 5.38. The molecule has 0 saturated carbocycles. The zero-order valence-electron chi connectivity index (χ0n) is 16.5. The van der Waals surface area contributed by atoms with E-state index in [0.717, 1.165) is 16.1 Å². The number of carbonyl (C=O) groups is 2. The van der Waals surface area contributed by atoms with Gasteiger partial charge in [-0.3, -0.25) is 9.59 Å². The van der Waals surface area contributed by atoms with Gasteiger partial charge in [0.05, 0.1) is 16.2 Å². The number of nitrogens with one attached hydrogen (secondary N) is 1. The van der Waals surface area contributed by atoms with Gasteiger partial charge in [-0.25, -0.2) is 10.4 Å². The minimum absolute atomic E-state index is 0.389. The van der Waals surface area contributed by atoms with Gasteiger partial charge in [-0.1, -0.05) is 23.3 Å². The summed E-state index contributed by atoms with van der Waals surface area (Å²) >= 11 is 2.06. The van der Waals surface area contributed by atoms with Crippen LogP contribution in [0.15, 0.2) is 36.4 Å². The molecule has 0 unspecified atom stereocenters. The van der Waals surface area contributed by atoms with Gasteiger partial charge in [0.25, 0.3) is 11.8 Å². The second-order valence-electron chi connectivity index (χ2n) is 7.51. The molecule has 5 nitrogen and oxygen atoms in total. The average molecular weight is 480 g/mol. The molecule has 0 saturated heterocycles. The summed E-state index contributed by atoms with van der Waals surface area (Å²) in [7, 11) is 1.55. The largest absolute Gasteiger partial charge is 0.496 e. The third-order valence-corrected chi connectivity index (χ3v) is 4.85. The van der Waals surface area contributed by atoms with Crippen molar-refractivity contribution in [3.63, 3.8) is 0 Å². The Morgan fingerprint density at radius 2 is 1.63 bits per heavy atom. The van der Waals surface area contributed by atoms with Crippen LogP contribution in [-0.4, -0.2) is 29.5 Å². The Hall–Kier alpha value is -1.93. The molecular formula is C21H25IN2O3. The number of hydrazine groups is 1. The number of rotatable bonds is 4. The lowest BCUT2D eigenvalue weighted by molar-refractivity contribution is 0.0451. The third kappa shape index (κ3) is 5.29. The fourth-order valence-electron chi connectivity index (χ4n) is 2.71. The van der Waals surface area contributed by atoms with Crippen molar-refractivity contribution in [2.45, 2.75) is 40.2 Å². The molecule has 0 aromatic heterocycles. The fourth-order valence-corrected chi connectivity index (χ4v) is 3.52. The van der Waals surface area contributed by atoms with E-state index in [0.29, 0.717) is 20.4 Å². The van der Waals surface area contributed by atoms with Crippen LogP contribution in [0, 0.1) is 17.4 Å². The zero-order valence-corrected chi connectivity index (χ0v) is 18.7. The average Bonchev–Trinajstić information content (AvgIpc) is 2.57. The summed E-state index contributed by atoms with van der Waals surface area (Å²) in [4.78, 5) is 26.5. The minimum atomic E-state index is -0.478. The molecule has 2 rings (SSSR count). The van der Waals surface area contributed by atoms with Crippen molar-refractivity contribution in [2.75, 3.05) is 7.11 Å². The lowest BCUT2D eigenvalue weighted by Gasteiger charge is -2.30. The van der Waals surface area contributed by atoms with Crippen molar-refractivity contribution in [3.8, 4) is 5.75 Å². The molecule has 2 aromatic rings. The minimum Gasteiger partial charge on any atom is -0.496 e. The summed E-state index contributed by atoms with van der Waals surface area (Å²) in [6, 6.07) is 10.8. The molecule has 1 N–H and O–H groups in total. The van der Waals surface area contributed by atoms with Crippen LogP contribution in [0.1, 0.15) is 52.6 Å². The van der Waals surface area contributed by atoms with Gasteiger partial charge in [0.1, 0.15) is 5.75 Å². The number of halogens is 1. The Morgan fingerprint density at radius 3 is 2.15 bits per heavy atom. The topological polar surface area (TPSA) is 58.6 Å².